The molecule has 1 saturated heterocycles. The standard InChI is InChI=1S/C11H19ClN4O2S/c1-3-6-16(9-4-5-13-7-9)19(17,18)11-10(12)8-14-15(11)2/h8-9,13H,3-7H2,1-2H3. The van der Waals surface area contributed by atoms with Gasteiger partial charge in [-0.25, -0.2) is 8.42 Å². The maximum Gasteiger partial charge on any atom is 0.262 e. The summed E-state index contributed by atoms with van der Waals surface area (Å²) in [5.74, 6) is 0. The van der Waals surface area contributed by atoms with E-state index in [1.807, 2.05) is 6.92 Å². The van der Waals surface area contributed by atoms with Gasteiger partial charge in [0.2, 0.25) is 0 Å². The number of aromatic nitrogens is 2. The van der Waals surface area contributed by atoms with Crippen LogP contribution in [-0.2, 0) is 17.1 Å². The van der Waals surface area contributed by atoms with E-state index in [1.54, 1.807) is 11.4 Å². The highest BCUT2D eigenvalue weighted by Crippen LogP contribution is 2.26. The lowest BCUT2D eigenvalue weighted by Crippen LogP contribution is -2.42. The quantitative estimate of drug-likeness (QED) is 0.875. The fraction of sp³-hybridized carbons (Fsp3) is 0.727. The number of sulfonamides is 1. The molecule has 1 aromatic rings. The van der Waals surface area contributed by atoms with Gasteiger partial charge in [0.15, 0.2) is 5.03 Å². The molecule has 0 aromatic carbocycles. The summed E-state index contributed by atoms with van der Waals surface area (Å²) in [4.78, 5) is 0. The zero-order valence-electron chi connectivity index (χ0n) is 11.1. The van der Waals surface area contributed by atoms with Gasteiger partial charge in [-0.1, -0.05) is 18.5 Å². The molecule has 1 aliphatic rings. The molecule has 2 rings (SSSR count). The van der Waals surface area contributed by atoms with Gasteiger partial charge in [0.25, 0.3) is 10.0 Å². The van der Waals surface area contributed by atoms with Gasteiger partial charge in [-0.05, 0) is 19.4 Å². The lowest BCUT2D eigenvalue weighted by molar-refractivity contribution is 0.332. The second-order valence-electron chi connectivity index (χ2n) is 4.68. The van der Waals surface area contributed by atoms with Crippen molar-refractivity contribution in [1.29, 1.82) is 0 Å². The molecule has 1 atom stereocenters. The molecule has 1 unspecified atom stereocenters. The van der Waals surface area contributed by atoms with Crippen LogP contribution in [0.2, 0.25) is 5.02 Å². The van der Waals surface area contributed by atoms with Crippen LogP contribution in [-0.4, -0.2) is 48.2 Å². The molecule has 0 spiro atoms. The van der Waals surface area contributed by atoms with Crippen molar-refractivity contribution < 1.29 is 8.42 Å². The minimum Gasteiger partial charge on any atom is -0.315 e. The molecule has 0 radical (unpaired) electrons. The predicted molar refractivity (Wildman–Crippen MR) is 73.7 cm³/mol. The Hall–Kier alpha value is -0.630. The van der Waals surface area contributed by atoms with Crippen molar-refractivity contribution in [3.05, 3.63) is 11.2 Å². The molecule has 6 nitrogen and oxygen atoms in total. The normalized spacial score (nSPS) is 20.3. The molecule has 8 heteroatoms. The summed E-state index contributed by atoms with van der Waals surface area (Å²) < 4.78 is 28.4. The maximum absolute atomic E-state index is 12.8. The Morgan fingerprint density at radius 2 is 2.37 bits per heavy atom. The lowest BCUT2D eigenvalue weighted by atomic mass is 10.2. The zero-order valence-corrected chi connectivity index (χ0v) is 12.7. The van der Waals surface area contributed by atoms with Crippen molar-refractivity contribution in [2.24, 2.45) is 7.05 Å². The van der Waals surface area contributed by atoms with E-state index in [-0.39, 0.29) is 16.1 Å². The Bertz CT molecular complexity index is 517. The Kier molecular flexibility index (Phi) is 4.50. The smallest absolute Gasteiger partial charge is 0.262 e. The minimum absolute atomic E-state index is 0.00378. The fourth-order valence-electron chi connectivity index (χ4n) is 2.41. The van der Waals surface area contributed by atoms with Crippen LogP contribution >= 0.6 is 11.6 Å². The van der Waals surface area contributed by atoms with Crippen LogP contribution in [0, 0.1) is 0 Å². The lowest BCUT2D eigenvalue weighted by Gasteiger charge is -2.27. The number of hydrogen-bond donors (Lipinski definition) is 1. The summed E-state index contributed by atoms with van der Waals surface area (Å²) >= 11 is 5.98. The SMILES string of the molecule is CCCN(C1CCNC1)S(=O)(=O)c1c(Cl)cnn1C. The third-order valence-corrected chi connectivity index (χ3v) is 5.74. The molecular weight excluding hydrogens is 288 g/mol. The monoisotopic (exact) mass is 306 g/mol. The van der Waals surface area contributed by atoms with Crippen LogP contribution in [0.5, 0.6) is 0 Å². The van der Waals surface area contributed by atoms with E-state index in [4.69, 9.17) is 11.6 Å². The van der Waals surface area contributed by atoms with Crippen molar-refractivity contribution >= 4 is 21.6 Å². The van der Waals surface area contributed by atoms with Gasteiger partial charge in [-0.15, -0.1) is 0 Å². The van der Waals surface area contributed by atoms with Crippen LogP contribution in [0.3, 0.4) is 0 Å². The molecular formula is C11H19ClN4O2S. The third kappa shape index (κ3) is 2.79. The molecule has 19 heavy (non-hydrogen) atoms. The molecule has 1 aliphatic heterocycles. The van der Waals surface area contributed by atoms with Crippen molar-refractivity contribution in [3.63, 3.8) is 0 Å². The van der Waals surface area contributed by atoms with E-state index in [2.05, 4.69) is 10.4 Å². The van der Waals surface area contributed by atoms with Crippen LogP contribution in [0.25, 0.3) is 0 Å². The Morgan fingerprint density at radius 1 is 1.63 bits per heavy atom. The topological polar surface area (TPSA) is 67.2 Å². The summed E-state index contributed by atoms with van der Waals surface area (Å²) in [5, 5.41) is 7.36. The highest BCUT2D eigenvalue weighted by Gasteiger charge is 2.35. The second-order valence-corrected chi connectivity index (χ2v) is 6.90. The van der Waals surface area contributed by atoms with Gasteiger partial charge >= 0.3 is 0 Å². The van der Waals surface area contributed by atoms with E-state index >= 15 is 0 Å². The number of nitrogens with zero attached hydrogens (tertiary/aromatic N) is 3. The summed E-state index contributed by atoms with van der Waals surface area (Å²) in [7, 11) is -2.01. The first kappa shape index (κ1) is 14.8. The number of aryl methyl sites for hydroxylation is 1. The molecule has 0 bridgehead atoms. The average Bonchev–Trinajstić information content (AvgIpc) is 2.96. The first-order valence-electron chi connectivity index (χ1n) is 6.38. The molecule has 0 amide bonds. The molecule has 2 heterocycles. The van der Waals surface area contributed by atoms with Crippen LogP contribution in [0.15, 0.2) is 11.2 Å². The van der Waals surface area contributed by atoms with Crippen molar-refractivity contribution in [1.82, 2.24) is 19.4 Å². The van der Waals surface area contributed by atoms with E-state index in [9.17, 15) is 8.42 Å². The number of hydrogen-bond acceptors (Lipinski definition) is 4. The van der Waals surface area contributed by atoms with E-state index < -0.39 is 10.0 Å². The van der Waals surface area contributed by atoms with Crippen molar-refractivity contribution in [2.45, 2.75) is 30.8 Å². The molecule has 1 fully saturated rings. The van der Waals surface area contributed by atoms with Gasteiger partial charge in [0.05, 0.1) is 11.2 Å². The van der Waals surface area contributed by atoms with Crippen molar-refractivity contribution in [3.8, 4) is 0 Å². The molecule has 1 N–H and O–H groups in total. The highest BCUT2D eigenvalue weighted by molar-refractivity contribution is 7.89. The van der Waals surface area contributed by atoms with Gasteiger partial charge < -0.3 is 5.32 Å². The molecule has 0 aliphatic carbocycles. The van der Waals surface area contributed by atoms with E-state index in [0.29, 0.717) is 13.1 Å². The van der Waals surface area contributed by atoms with Gasteiger partial charge in [-0.2, -0.15) is 9.40 Å². The maximum atomic E-state index is 12.8. The fourth-order valence-corrected chi connectivity index (χ4v) is 4.76. The third-order valence-electron chi connectivity index (χ3n) is 3.28. The summed E-state index contributed by atoms with van der Waals surface area (Å²) in [6.07, 6.45) is 2.96. The van der Waals surface area contributed by atoms with Gasteiger partial charge in [-0.3, -0.25) is 4.68 Å². The predicted octanol–water partition coefficient (Wildman–Crippen LogP) is 0.836. The molecule has 108 valence electrons. The molecule has 0 saturated carbocycles. The van der Waals surface area contributed by atoms with Crippen molar-refractivity contribution in [2.75, 3.05) is 19.6 Å². The van der Waals surface area contributed by atoms with E-state index in [1.165, 1.54) is 10.9 Å². The van der Waals surface area contributed by atoms with Crippen LogP contribution < -0.4 is 5.32 Å². The number of halogens is 1. The van der Waals surface area contributed by atoms with Gasteiger partial charge in [0, 0.05) is 26.2 Å². The average molecular weight is 307 g/mol. The molecule has 1 aromatic heterocycles. The first-order chi connectivity index (χ1) is 8.98. The zero-order chi connectivity index (χ0) is 14.0. The number of rotatable bonds is 5. The largest absolute Gasteiger partial charge is 0.315 e. The Morgan fingerprint density at radius 3 is 2.84 bits per heavy atom. The second kappa shape index (κ2) is 5.78. The Balaban J connectivity index is 2.39. The summed E-state index contributed by atoms with van der Waals surface area (Å²) in [6.45, 7) is 4.00. The first-order valence-corrected chi connectivity index (χ1v) is 8.20. The summed E-state index contributed by atoms with van der Waals surface area (Å²) in [6, 6.07) is -0.00378. The summed E-state index contributed by atoms with van der Waals surface area (Å²) in [5.41, 5.74) is 0. The van der Waals surface area contributed by atoms with E-state index in [0.717, 1.165) is 19.4 Å². The Labute approximate surface area is 118 Å². The van der Waals surface area contributed by atoms with Crippen LogP contribution in [0.1, 0.15) is 19.8 Å². The minimum atomic E-state index is -3.60. The number of nitrogens with one attached hydrogen (secondary N) is 1. The highest BCUT2D eigenvalue weighted by atomic mass is 35.5. The van der Waals surface area contributed by atoms with Crippen LogP contribution in [0.4, 0.5) is 0 Å². The van der Waals surface area contributed by atoms with Gasteiger partial charge in [0.1, 0.15) is 0 Å².